The van der Waals surface area contributed by atoms with E-state index in [1.165, 1.54) is 6.08 Å². The van der Waals surface area contributed by atoms with Crippen molar-refractivity contribution in [2.45, 2.75) is 41.9 Å². The average Bonchev–Trinajstić information content (AvgIpc) is 2.48. The summed E-state index contributed by atoms with van der Waals surface area (Å²) in [4.78, 5) is 88.7. The molecule has 0 aromatic heterocycles. The second kappa shape index (κ2) is 12.2. The Morgan fingerprint density at radius 3 is 1.33 bits per heavy atom. The minimum Gasteiger partial charge on any atom is -0.810 e. The quantitative estimate of drug-likeness (QED) is 0.0854. The third-order valence-corrected chi connectivity index (χ3v) is 11.9. The lowest BCUT2D eigenvalue weighted by Crippen LogP contribution is -2.36. The highest BCUT2D eigenvalue weighted by atomic mass is 35.5. The Morgan fingerprint density at radius 1 is 0.733 bits per heavy atom. The van der Waals surface area contributed by atoms with Gasteiger partial charge in [-0.1, -0.05) is 36.5 Å². The van der Waals surface area contributed by atoms with Gasteiger partial charge in [0.2, 0.25) is 0 Å². The first-order valence-electron chi connectivity index (χ1n) is 8.21. The Kier molecular flexibility index (Phi) is 12.4. The maximum absolute atomic E-state index is 11.1. The van der Waals surface area contributed by atoms with E-state index in [1.807, 2.05) is 0 Å². The van der Waals surface area contributed by atoms with Gasteiger partial charge in [0.15, 0.2) is 0 Å². The van der Waals surface area contributed by atoms with Gasteiger partial charge in [-0.3, -0.25) is 0 Å². The molecule has 0 aromatic carbocycles. The molecule has 180 valence electrons. The molecule has 0 aliphatic carbocycles. The van der Waals surface area contributed by atoms with Crippen LogP contribution in [0.1, 0.15) is 25.7 Å². The van der Waals surface area contributed by atoms with Crippen LogP contribution in [0.25, 0.3) is 0 Å². The van der Waals surface area contributed by atoms with E-state index < -0.39 is 78.2 Å². The Bertz CT molecular complexity index is 640. The van der Waals surface area contributed by atoms with Crippen LogP contribution >= 0.6 is 42.0 Å². The Morgan fingerprint density at radius 2 is 1.07 bits per heavy atom. The molecule has 0 radical (unpaired) electrons. The van der Waals surface area contributed by atoms with Crippen molar-refractivity contribution in [1.29, 1.82) is 0 Å². The predicted molar refractivity (Wildman–Crippen MR) is 90.6 cm³/mol. The van der Waals surface area contributed by atoms with Gasteiger partial charge in [0.1, 0.15) is 0 Å². The third-order valence-electron chi connectivity index (χ3n) is 4.08. The molecule has 0 amide bonds. The maximum atomic E-state index is 11.1. The molecule has 0 N–H and O–H groups in total. The summed E-state index contributed by atoms with van der Waals surface area (Å²) in [5, 5.41) is -6.73. The SMILES string of the molecule is C=CCOCC(Cl)C(CCC(P(=O)([O-])[O-])P(=O)([O-])[O-])CCC(P(=O)([O-])[O-])P(=O)([O-])[O-]. The summed E-state index contributed by atoms with van der Waals surface area (Å²) in [6, 6.07) is 0. The summed E-state index contributed by atoms with van der Waals surface area (Å²) < 4.78 is 49.4. The van der Waals surface area contributed by atoms with Gasteiger partial charge >= 0.3 is 0 Å². The largest absolute Gasteiger partial charge is 0.810 e. The molecule has 13 nitrogen and oxygen atoms in total. The van der Waals surface area contributed by atoms with Crippen LogP contribution in [0.2, 0.25) is 0 Å². The van der Waals surface area contributed by atoms with Gasteiger partial charge in [0.25, 0.3) is 0 Å². The van der Waals surface area contributed by atoms with E-state index >= 15 is 0 Å². The number of halogens is 1. The molecule has 0 rings (SSSR count). The number of rotatable bonds is 15. The molecule has 18 heteroatoms. The van der Waals surface area contributed by atoms with Gasteiger partial charge in [0.05, 0.1) is 18.6 Å². The number of alkyl halides is 1. The maximum Gasteiger partial charge on any atom is 0.0645 e. The van der Waals surface area contributed by atoms with Gasteiger partial charge < -0.3 is 62.1 Å². The van der Waals surface area contributed by atoms with E-state index in [4.69, 9.17) is 16.3 Å². The van der Waals surface area contributed by atoms with E-state index in [2.05, 4.69) is 6.58 Å². The zero-order valence-corrected chi connectivity index (χ0v) is 19.6. The molecule has 1 unspecified atom stereocenters. The van der Waals surface area contributed by atoms with Gasteiger partial charge in [-0.15, -0.1) is 18.2 Å². The standard InChI is InChI=1S/C12H27ClO13P4/c1-2-7-26-8-10(13)9(3-5-11(27(14,15)16)28(17,18)19)4-6-12(29(20,21)22)30(23,24)25/h2,9-12H,1,3-8H2,(H2,14,15,16)(H2,17,18,19)(H2,20,21,22)(H2,23,24,25)/p-8. The van der Waals surface area contributed by atoms with Crippen molar-refractivity contribution in [3.8, 4) is 0 Å². The van der Waals surface area contributed by atoms with E-state index in [-0.39, 0.29) is 13.2 Å². The zero-order chi connectivity index (χ0) is 24.0. The summed E-state index contributed by atoms with van der Waals surface area (Å²) in [6.45, 7) is 3.07. The fourth-order valence-electron chi connectivity index (χ4n) is 2.61. The van der Waals surface area contributed by atoms with Gasteiger partial charge in [-0.2, -0.15) is 0 Å². The lowest BCUT2D eigenvalue weighted by atomic mass is 9.94. The second-order valence-corrected chi connectivity index (χ2v) is 14.6. The predicted octanol–water partition coefficient (Wildman–Crippen LogP) is -3.72. The lowest BCUT2D eigenvalue weighted by Gasteiger charge is -2.50. The van der Waals surface area contributed by atoms with E-state index in [0.29, 0.717) is 0 Å². The molecule has 0 saturated heterocycles. The van der Waals surface area contributed by atoms with Crippen LogP contribution in [0.4, 0.5) is 0 Å². The first-order valence-corrected chi connectivity index (χ1v) is 15.1. The van der Waals surface area contributed by atoms with Crippen molar-refractivity contribution in [3.05, 3.63) is 12.7 Å². The lowest BCUT2D eigenvalue weighted by molar-refractivity contribution is -0.333. The second-order valence-electron chi connectivity index (χ2n) is 6.38. The van der Waals surface area contributed by atoms with Crippen molar-refractivity contribution in [1.82, 2.24) is 0 Å². The van der Waals surface area contributed by atoms with Crippen molar-refractivity contribution in [2.24, 2.45) is 5.92 Å². The molecular formula is C12H19ClO13P4-8. The van der Waals surface area contributed by atoms with Gasteiger partial charge in [0, 0.05) is 10.8 Å². The summed E-state index contributed by atoms with van der Waals surface area (Å²) in [5.41, 5.74) is 0. The first-order chi connectivity index (χ1) is 13.3. The molecule has 0 saturated carbocycles. The molecule has 0 aromatic rings. The fraction of sp³-hybridized carbons (Fsp3) is 0.833. The molecule has 1 atom stereocenters. The molecule has 0 aliphatic heterocycles. The number of hydrogen-bond donors (Lipinski definition) is 0. The first kappa shape index (κ1) is 30.6. The molecule has 0 bridgehead atoms. The summed E-state index contributed by atoms with van der Waals surface area (Å²) >= 11 is 6.05. The van der Waals surface area contributed by atoms with E-state index in [9.17, 15) is 57.4 Å². The van der Waals surface area contributed by atoms with Crippen LogP contribution < -0.4 is 39.1 Å². The zero-order valence-electron chi connectivity index (χ0n) is 15.3. The Balaban J connectivity index is 5.54. The van der Waals surface area contributed by atoms with Crippen molar-refractivity contribution in [3.63, 3.8) is 0 Å². The van der Waals surface area contributed by atoms with Crippen molar-refractivity contribution < 1.29 is 62.1 Å². The smallest absolute Gasteiger partial charge is 0.0645 e. The van der Waals surface area contributed by atoms with Gasteiger partial charge in [-0.25, -0.2) is 0 Å². The van der Waals surface area contributed by atoms with Crippen LogP contribution in [0.15, 0.2) is 12.7 Å². The number of hydrogen-bond acceptors (Lipinski definition) is 13. The van der Waals surface area contributed by atoms with Crippen LogP contribution in [0.3, 0.4) is 0 Å². The van der Waals surface area contributed by atoms with Crippen LogP contribution in [0.5, 0.6) is 0 Å². The summed E-state index contributed by atoms with van der Waals surface area (Å²) in [5.74, 6) is -1.11. The minimum absolute atomic E-state index is 0.000474. The molecule has 30 heavy (non-hydrogen) atoms. The minimum atomic E-state index is -5.87. The van der Waals surface area contributed by atoms with Gasteiger partial charge in [-0.05, 0) is 31.6 Å². The number of ether oxygens (including phenoxy) is 1. The molecule has 0 heterocycles. The van der Waals surface area contributed by atoms with Crippen LogP contribution in [-0.4, -0.2) is 29.4 Å². The van der Waals surface area contributed by atoms with Crippen LogP contribution in [0, 0.1) is 5.92 Å². The molecule has 0 spiro atoms. The average molecular weight is 531 g/mol. The summed E-state index contributed by atoms with van der Waals surface area (Å²) in [6.07, 6.45) is -1.80. The van der Waals surface area contributed by atoms with E-state index in [1.54, 1.807) is 0 Å². The monoisotopic (exact) mass is 530 g/mol. The highest BCUT2D eigenvalue weighted by Crippen LogP contribution is 2.54. The molecule has 0 aliphatic rings. The highest BCUT2D eigenvalue weighted by Gasteiger charge is 2.26. The Labute approximate surface area is 178 Å². The van der Waals surface area contributed by atoms with Crippen LogP contribution in [-0.2, 0) is 23.0 Å². The molecular weight excluding hydrogens is 511 g/mol. The summed E-state index contributed by atoms with van der Waals surface area (Å²) in [7, 11) is -23.5. The van der Waals surface area contributed by atoms with Crippen molar-refractivity contribution in [2.75, 3.05) is 13.2 Å². The van der Waals surface area contributed by atoms with Crippen molar-refractivity contribution >= 4 is 42.0 Å². The topological polar surface area (TPSA) is 262 Å². The molecule has 0 fully saturated rings. The third kappa shape index (κ3) is 11.5. The highest BCUT2D eigenvalue weighted by molar-refractivity contribution is 7.68. The van der Waals surface area contributed by atoms with E-state index in [0.717, 1.165) is 0 Å². The fourth-order valence-corrected chi connectivity index (χ4v) is 7.58. The normalized spacial score (nSPS) is 15.2. The Hall–Kier alpha value is 0.590.